The summed E-state index contributed by atoms with van der Waals surface area (Å²) < 4.78 is 27.1. The van der Waals surface area contributed by atoms with Crippen molar-refractivity contribution in [3.8, 4) is 0 Å². The first-order chi connectivity index (χ1) is 9.77. The molecule has 0 unspecified atom stereocenters. The molecule has 0 aliphatic rings. The highest BCUT2D eigenvalue weighted by molar-refractivity contribution is 7.89. The first kappa shape index (κ1) is 18.1. The monoisotopic (exact) mass is 312 g/mol. The van der Waals surface area contributed by atoms with Crippen LogP contribution >= 0.6 is 0 Å². The predicted molar refractivity (Wildman–Crippen MR) is 88.0 cm³/mol. The lowest BCUT2D eigenvalue weighted by Crippen LogP contribution is -2.42. The number of aryl methyl sites for hydroxylation is 1. The lowest BCUT2D eigenvalue weighted by Gasteiger charge is -2.30. The van der Waals surface area contributed by atoms with E-state index in [9.17, 15) is 8.42 Å². The molecule has 0 aliphatic heterocycles. The Bertz CT molecular complexity index is 514. The van der Waals surface area contributed by atoms with Gasteiger partial charge < -0.3 is 0 Å². The number of hydrogen-bond acceptors (Lipinski definition) is 3. The standard InChI is InChI=1S/C16H28N2O2S/c1-6-15-7-9-16(10-8-15)21(19,20)17-11-12-18(13(2)3)14(4)5/h7-10,13-14,17H,6,11-12H2,1-5H3. The summed E-state index contributed by atoms with van der Waals surface area (Å²) in [7, 11) is -3.41. The largest absolute Gasteiger partial charge is 0.297 e. The normalized spacial score (nSPS) is 12.6. The van der Waals surface area contributed by atoms with Gasteiger partial charge in [0.05, 0.1) is 4.90 Å². The Morgan fingerprint density at radius 2 is 1.57 bits per heavy atom. The molecule has 0 spiro atoms. The molecule has 1 aromatic carbocycles. The molecule has 0 saturated heterocycles. The Kier molecular flexibility index (Phi) is 6.84. The zero-order valence-electron chi connectivity index (χ0n) is 13.8. The average Bonchev–Trinajstić information content (AvgIpc) is 2.42. The number of nitrogens with one attached hydrogen (secondary N) is 1. The summed E-state index contributed by atoms with van der Waals surface area (Å²) in [5.74, 6) is 0. The fourth-order valence-electron chi connectivity index (χ4n) is 2.41. The van der Waals surface area contributed by atoms with Crippen LogP contribution in [0.5, 0.6) is 0 Å². The van der Waals surface area contributed by atoms with Crippen LogP contribution in [0.3, 0.4) is 0 Å². The molecule has 0 atom stereocenters. The molecule has 0 aromatic heterocycles. The van der Waals surface area contributed by atoms with Crippen molar-refractivity contribution in [1.29, 1.82) is 0 Å². The average molecular weight is 312 g/mol. The first-order valence-electron chi connectivity index (χ1n) is 7.62. The van der Waals surface area contributed by atoms with Crippen LogP contribution in [0.25, 0.3) is 0 Å². The van der Waals surface area contributed by atoms with E-state index in [0.717, 1.165) is 12.0 Å². The summed E-state index contributed by atoms with van der Waals surface area (Å²) in [6.07, 6.45) is 0.908. The van der Waals surface area contributed by atoms with Gasteiger partial charge in [0.15, 0.2) is 0 Å². The number of rotatable bonds is 8. The van der Waals surface area contributed by atoms with E-state index in [1.807, 2.05) is 19.1 Å². The molecule has 1 rings (SSSR count). The van der Waals surface area contributed by atoms with E-state index < -0.39 is 10.0 Å². The molecular weight excluding hydrogens is 284 g/mol. The van der Waals surface area contributed by atoms with Gasteiger partial charge in [-0.2, -0.15) is 0 Å². The minimum atomic E-state index is -3.41. The maximum Gasteiger partial charge on any atom is 0.240 e. The third-order valence-corrected chi connectivity index (χ3v) is 5.11. The lowest BCUT2D eigenvalue weighted by atomic mass is 10.2. The highest BCUT2D eigenvalue weighted by Gasteiger charge is 2.16. The van der Waals surface area contributed by atoms with Crippen LogP contribution in [0.2, 0.25) is 0 Å². The summed E-state index contributed by atoms with van der Waals surface area (Å²) in [4.78, 5) is 2.60. The van der Waals surface area contributed by atoms with E-state index >= 15 is 0 Å². The van der Waals surface area contributed by atoms with Gasteiger partial charge >= 0.3 is 0 Å². The van der Waals surface area contributed by atoms with Crippen molar-refractivity contribution in [3.05, 3.63) is 29.8 Å². The third kappa shape index (κ3) is 5.41. The minimum Gasteiger partial charge on any atom is -0.297 e. The summed E-state index contributed by atoms with van der Waals surface area (Å²) >= 11 is 0. The van der Waals surface area contributed by atoms with Crippen LogP contribution in [-0.4, -0.2) is 38.5 Å². The van der Waals surface area contributed by atoms with E-state index in [4.69, 9.17) is 0 Å². The molecule has 1 aromatic rings. The summed E-state index contributed by atoms with van der Waals surface area (Å²) in [5.41, 5.74) is 1.14. The quantitative estimate of drug-likeness (QED) is 0.803. The molecule has 1 N–H and O–H groups in total. The Morgan fingerprint density at radius 3 is 2.00 bits per heavy atom. The van der Waals surface area contributed by atoms with E-state index in [-0.39, 0.29) is 0 Å². The summed E-state index contributed by atoms with van der Waals surface area (Å²) in [6, 6.07) is 7.87. The highest BCUT2D eigenvalue weighted by Crippen LogP contribution is 2.11. The molecule has 0 fully saturated rings. The Labute approximate surface area is 129 Å². The van der Waals surface area contributed by atoms with Crippen LogP contribution in [0.4, 0.5) is 0 Å². The molecule has 5 heteroatoms. The van der Waals surface area contributed by atoms with Crippen LogP contribution in [0.15, 0.2) is 29.2 Å². The van der Waals surface area contributed by atoms with Crippen molar-refractivity contribution in [1.82, 2.24) is 9.62 Å². The molecule has 0 saturated carbocycles. The molecule has 0 radical (unpaired) electrons. The topological polar surface area (TPSA) is 49.4 Å². The van der Waals surface area contributed by atoms with Crippen molar-refractivity contribution in [2.75, 3.05) is 13.1 Å². The van der Waals surface area contributed by atoms with Gasteiger partial charge in [-0.25, -0.2) is 13.1 Å². The van der Waals surface area contributed by atoms with Gasteiger partial charge in [-0.15, -0.1) is 0 Å². The zero-order chi connectivity index (χ0) is 16.0. The molecule has 120 valence electrons. The van der Waals surface area contributed by atoms with Gasteiger partial charge in [-0.1, -0.05) is 19.1 Å². The van der Waals surface area contributed by atoms with E-state index in [1.54, 1.807) is 12.1 Å². The molecule has 0 heterocycles. The van der Waals surface area contributed by atoms with E-state index in [1.165, 1.54) is 0 Å². The maximum absolute atomic E-state index is 12.2. The third-order valence-electron chi connectivity index (χ3n) is 3.63. The van der Waals surface area contributed by atoms with Crippen LogP contribution in [0.1, 0.15) is 40.2 Å². The highest BCUT2D eigenvalue weighted by atomic mass is 32.2. The van der Waals surface area contributed by atoms with Gasteiger partial charge in [-0.3, -0.25) is 4.90 Å². The van der Waals surface area contributed by atoms with Gasteiger partial charge in [0.1, 0.15) is 0 Å². The molecule has 21 heavy (non-hydrogen) atoms. The van der Waals surface area contributed by atoms with Crippen molar-refractivity contribution < 1.29 is 8.42 Å². The van der Waals surface area contributed by atoms with Crippen molar-refractivity contribution in [2.24, 2.45) is 0 Å². The second kappa shape index (κ2) is 7.92. The minimum absolute atomic E-state index is 0.334. The van der Waals surface area contributed by atoms with Crippen LogP contribution in [-0.2, 0) is 16.4 Å². The van der Waals surface area contributed by atoms with Gasteiger partial charge in [0.2, 0.25) is 10.0 Å². The molecule has 0 amide bonds. The Hall–Kier alpha value is -0.910. The SMILES string of the molecule is CCc1ccc(S(=O)(=O)NCCN(C(C)C)C(C)C)cc1. The van der Waals surface area contributed by atoms with E-state index in [2.05, 4.69) is 37.3 Å². The van der Waals surface area contributed by atoms with Crippen LogP contribution < -0.4 is 4.72 Å². The van der Waals surface area contributed by atoms with Crippen molar-refractivity contribution >= 4 is 10.0 Å². The van der Waals surface area contributed by atoms with Crippen LogP contribution in [0, 0.1) is 0 Å². The number of hydrogen-bond donors (Lipinski definition) is 1. The smallest absolute Gasteiger partial charge is 0.240 e. The van der Waals surface area contributed by atoms with Gasteiger partial charge in [-0.05, 0) is 51.8 Å². The molecular formula is C16H28N2O2S. The number of sulfonamides is 1. The summed E-state index contributed by atoms with van der Waals surface area (Å²) in [5, 5.41) is 0. The molecule has 0 aliphatic carbocycles. The van der Waals surface area contributed by atoms with Crippen molar-refractivity contribution in [2.45, 2.75) is 58.0 Å². The lowest BCUT2D eigenvalue weighted by molar-refractivity contribution is 0.179. The fourth-order valence-corrected chi connectivity index (χ4v) is 3.43. The van der Waals surface area contributed by atoms with E-state index in [0.29, 0.717) is 30.1 Å². The van der Waals surface area contributed by atoms with Gasteiger partial charge in [0, 0.05) is 25.2 Å². The second-order valence-electron chi connectivity index (χ2n) is 5.82. The van der Waals surface area contributed by atoms with Crippen molar-refractivity contribution in [3.63, 3.8) is 0 Å². The maximum atomic E-state index is 12.2. The summed E-state index contributed by atoms with van der Waals surface area (Å²) in [6.45, 7) is 11.7. The number of nitrogens with zero attached hydrogens (tertiary/aromatic N) is 1. The first-order valence-corrected chi connectivity index (χ1v) is 9.10. The second-order valence-corrected chi connectivity index (χ2v) is 7.59. The van der Waals surface area contributed by atoms with Gasteiger partial charge in [0.25, 0.3) is 0 Å². The Morgan fingerprint density at radius 1 is 1.05 bits per heavy atom. The number of benzene rings is 1. The predicted octanol–water partition coefficient (Wildman–Crippen LogP) is 2.65. The molecule has 4 nitrogen and oxygen atoms in total. The Balaban J connectivity index is 2.64. The zero-order valence-corrected chi connectivity index (χ0v) is 14.6. The fraction of sp³-hybridized carbons (Fsp3) is 0.625. The molecule has 0 bridgehead atoms.